The second-order valence-corrected chi connectivity index (χ2v) is 5.23. The van der Waals surface area contributed by atoms with Crippen LogP contribution in [0.15, 0.2) is 12.3 Å². The van der Waals surface area contributed by atoms with E-state index >= 15 is 0 Å². The lowest BCUT2D eigenvalue weighted by Crippen LogP contribution is -2.57. The Hall–Kier alpha value is -1.97. The normalized spacial score (nSPS) is 17.0. The molecular formula is C15H24N4O5. The maximum absolute atomic E-state index is 12.1. The number of esters is 1. The molecule has 1 aromatic rings. The molecule has 1 aromatic heterocycles. The first-order valence-corrected chi connectivity index (χ1v) is 7.64. The van der Waals surface area contributed by atoms with E-state index in [9.17, 15) is 4.79 Å². The number of hydrogen-bond donors (Lipinski definition) is 0. The first-order chi connectivity index (χ1) is 11.6. The SMILES string of the molecule is COC(=O)C(C(OC)OC)N1CCN(c2nccc(OC)n2)CC1. The molecule has 134 valence electrons. The first kappa shape index (κ1) is 18.4. The molecule has 0 spiro atoms. The van der Waals surface area contributed by atoms with Crippen molar-refractivity contribution >= 4 is 11.9 Å². The fraction of sp³-hybridized carbons (Fsp3) is 0.667. The van der Waals surface area contributed by atoms with E-state index in [1.165, 1.54) is 21.3 Å². The van der Waals surface area contributed by atoms with Gasteiger partial charge in [-0.25, -0.2) is 4.98 Å². The van der Waals surface area contributed by atoms with Crippen molar-refractivity contribution in [2.75, 3.05) is 59.5 Å². The maximum Gasteiger partial charge on any atom is 0.328 e. The van der Waals surface area contributed by atoms with Crippen LogP contribution in [0.25, 0.3) is 0 Å². The van der Waals surface area contributed by atoms with Crippen LogP contribution < -0.4 is 9.64 Å². The molecule has 1 atom stereocenters. The molecule has 1 saturated heterocycles. The third-order valence-electron chi connectivity index (χ3n) is 3.98. The minimum Gasteiger partial charge on any atom is -0.481 e. The average Bonchev–Trinajstić information content (AvgIpc) is 2.65. The molecule has 0 saturated carbocycles. The van der Waals surface area contributed by atoms with Crippen molar-refractivity contribution in [2.24, 2.45) is 0 Å². The summed E-state index contributed by atoms with van der Waals surface area (Å²) >= 11 is 0. The quantitative estimate of drug-likeness (QED) is 0.493. The van der Waals surface area contributed by atoms with E-state index in [1.807, 2.05) is 9.80 Å². The van der Waals surface area contributed by atoms with Crippen LogP contribution in [0.1, 0.15) is 0 Å². The zero-order chi connectivity index (χ0) is 17.5. The van der Waals surface area contributed by atoms with Gasteiger partial charge in [-0.05, 0) is 0 Å². The van der Waals surface area contributed by atoms with E-state index in [0.717, 1.165) is 0 Å². The first-order valence-electron chi connectivity index (χ1n) is 7.64. The number of piperazine rings is 1. The number of carbonyl (C=O) groups excluding carboxylic acids is 1. The van der Waals surface area contributed by atoms with Gasteiger partial charge in [0.15, 0.2) is 12.3 Å². The van der Waals surface area contributed by atoms with Crippen molar-refractivity contribution in [3.8, 4) is 5.88 Å². The lowest BCUT2D eigenvalue weighted by Gasteiger charge is -2.39. The molecule has 9 heteroatoms. The molecule has 0 amide bonds. The van der Waals surface area contributed by atoms with Crippen molar-refractivity contribution in [1.82, 2.24) is 14.9 Å². The summed E-state index contributed by atoms with van der Waals surface area (Å²) in [7, 11) is 5.94. The van der Waals surface area contributed by atoms with E-state index in [2.05, 4.69) is 9.97 Å². The number of methoxy groups -OCH3 is 4. The summed E-state index contributed by atoms with van der Waals surface area (Å²) in [5.41, 5.74) is 0. The Balaban J connectivity index is 2.05. The highest BCUT2D eigenvalue weighted by molar-refractivity contribution is 5.76. The fourth-order valence-electron chi connectivity index (χ4n) is 2.71. The minimum atomic E-state index is -0.683. The largest absolute Gasteiger partial charge is 0.481 e. The molecule has 2 rings (SSSR count). The van der Waals surface area contributed by atoms with Crippen LogP contribution in [0.3, 0.4) is 0 Å². The van der Waals surface area contributed by atoms with Crippen molar-refractivity contribution in [2.45, 2.75) is 12.3 Å². The third kappa shape index (κ3) is 4.11. The minimum absolute atomic E-state index is 0.380. The van der Waals surface area contributed by atoms with Crippen LogP contribution in [0.2, 0.25) is 0 Å². The van der Waals surface area contributed by atoms with Crippen LogP contribution in [0.5, 0.6) is 5.88 Å². The van der Waals surface area contributed by atoms with Crippen LogP contribution in [0, 0.1) is 0 Å². The molecule has 1 fully saturated rings. The number of hydrogen-bond acceptors (Lipinski definition) is 9. The molecule has 0 radical (unpaired) electrons. The highest BCUT2D eigenvalue weighted by Crippen LogP contribution is 2.18. The summed E-state index contributed by atoms with van der Waals surface area (Å²) in [5, 5.41) is 0. The summed E-state index contributed by atoms with van der Waals surface area (Å²) in [6, 6.07) is 1.09. The van der Waals surface area contributed by atoms with Gasteiger partial charge in [0.2, 0.25) is 11.8 Å². The fourth-order valence-corrected chi connectivity index (χ4v) is 2.71. The Morgan fingerprint density at radius 3 is 2.33 bits per heavy atom. The molecule has 0 bridgehead atoms. The van der Waals surface area contributed by atoms with Crippen LogP contribution in [-0.4, -0.2) is 87.8 Å². The number of aromatic nitrogens is 2. The Morgan fingerprint density at radius 2 is 1.79 bits per heavy atom. The molecule has 9 nitrogen and oxygen atoms in total. The van der Waals surface area contributed by atoms with Gasteiger partial charge >= 0.3 is 5.97 Å². The van der Waals surface area contributed by atoms with Crippen molar-refractivity contribution < 1.29 is 23.7 Å². The maximum atomic E-state index is 12.1. The van der Waals surface area contributed by atoms with E-state index in [1.54, 1.807) is 19.4 Å². The Bertz CT molecular complexity index is 532. The van der Waals surface area contributed by atoms with Gasteiger partial charge in [0.25, 0.3) is 0 Å². The monoisotopic (exact) mass is 340 g/mol. The van der Waals surface area contributed by atoms with E-state index < -0.39 is 12.3 Å². The van der Waals surface area contributed by atoms with Gasteiger partial charge in [0.05, 0.1) is 14.2 Å². The van der Waals surface area contributed by atoms with E-state index in [0.29, 0.717) is 38.0 Å². The van der Waals surface area contributed by atoms with E-state index in [4.69, 9.17) is 18.9 Å². The lowest BCUT2D eigenvalue weighted by atomic mass is 10.2. The second kappa shape index (κ2) is 8.76. The molecule has 2 heterocycles. The highest BCUT2D eigenvalue weighted by Gasteiger charge is 2.37. The van der Waals surface area contributed by atoms with Crippen LogP contribution in [-0.2, 0) is 19.0 Å². The van der Waals surface area contributed by atoms with Gasteiger partial charge in [-0.15, -0.1) is 0 Å². The van der Waals surface area contributed by atoms with Crippen molar-refractivity contribution in [3.63, 3.8) is 0 Å². The highest BCUT2D eigenvalue weighted by atomic mass is 16.7. The summed E-state index contributed by atoms with van der Waals surface area (Å²) in [6.45, 7) is 2.59. The molecule has 1 aliphatic rings. The van der Waals surface area contributed by atoms with Crippen molar-refractivity contribution in [1.29, 1.82) is 0 Å². The molecule has 24 heavy (non-hydrogen) atoms. The molecular weight excluding hydrogens is 316 g/mol. The molecule has 0 aliphatic carbocycles. The number of anilines is 1. The molecule has 1 aliphatic heterocycles. The second-order valence-electron chi connectivity index (χ2n) is 5.23. The van der Waals surface area contributed by atoms with Crippen LogP contribution >= 0.6 is 0 Å². The summed E-state index contributed by atoms with van der Waals surface area (Å²) in [6.07, 6.45) is 0.980. The summed E-state index contributed by atoms with van der Waals surface area (Å²) in [4.78, 5) is 24.8. The zero-order valence-corrected chi connectivity index (χ0v) is 14.5. The molecule has 0 aromatic carbocycles. The summed E-state index contributed by atoms with van der Waals surface area (Å²) < 4.78 is 20.5. The van der Waals surface area contributed by atoms with E-state index in [-0.39, 0.29) is 5.97 Å². The average molecular weight is 340 g/mol. The lowest BCUT2D eigenvalue weighted by molar-refractivity contribution is -0.179. The van der Waals surface area contributed by atoms with Gasteiger partial charge in [0.1, 0.15) is 0 Å². The summed E-state index contributed by atoms with van der Waals surface area (Å²) in [5.74, 6) is 0.752. The Kier molecular flexibility index (Phi) is 6.71. The topological polar surface area (TPSA) is 86.3 Å². The number of carbonyl (C=O) groups is 1. The van der Waals surface area contributed by atoms with Gasteiger partial charge in [-0.1, -0.05) is 0 Å². The van der Waals surface area contributed by atoms with Gasteiger partial charge < -0.3 is 23.8 Å². The standard InChI is InChI=1S/C15H24N4O5/c1-21-11-5-6-16-15(17-11)19-9-7-18(8-10-19)12(13(20)22-2)14(23-3)24-4/h5-6,12,14H,7-10H2,1-4H3. The number of rotatable bonds is 7. The van der Waals surface area contributed by atoms with Gasteiger partial charge in [0, 0.05) is 52.7 Å². The van der Waals surface area contributed by atoms with Crippen molar-refractivity contribution in [3.05, 3.63) is 12.3 Å². The van der Waals surface area contributed by atoms with Crippen LogP contribution in [0.4, 0.5) is 5.95 Å². The number of ether oxygens (including phenoxy) is 4. The smallest absolute Gasteiger partial charge is 0.328 e. The van der Waals surface area contributed by atoms with Gasteiger partial charge in [-0.3, -0.25) is 9.69 Å². The molecule has 0 N–H and O–H groups in total. The molecule has 1 unspecified atom stereocenters. The predicted molar refractivity (Wildman–Crippen MR) is 86.0 cm³/mol. The predicted octanol–water partition coefficient (Wildman–Crippen LogP) is -0.232. The zero-order valence-electron chi connectivity index (χ0n) is 14.5. The third-order valence-corrected chi connectivity index (χ3v) is 3.98. The van der Waals surface area contributed by atoms with Gasteiger partial charge in [-0.2, -0.15) is 4.98 Å². The Morgan fingerprint density at radius 1 is 1.12 bits per heavy atom. The Labute approximate surface area is 141 Å². The number of nitrogens with zero attached hydrogens (tertiary/aromatic N) is 4.